The van der Waals surface area contributed by atoms with Gasteiger partial charge in [-0.3, -0.25) is 4.79 Å². The molecule has 0 saturated carbocycles. The topological polar surface area (TPSA) is 26.3 Å². The van der Waals surface area contributed by atoms with Gasteiger partial charge in [0.25, 0.3) is 0 Å². The molecule has 0 aliphatic carbocycles. The maximum Gasteiger partial charge on any atom is 0.150 e. The molecular formula is C10H10O2. The summed E-state index contributed by atoms with van der Waals surface area (Å²) in [7, 11) is 0. The summed E-state index contributed by atoms with van der Waals surface area (Å²) in [6.45, 7) is 0.773. The molecule has 1 heterocycles. The summed E-state index contributed by atoms with van der Waals surface area (Å²) in [5, 5.41) is 0. The zero-order chi connectivity index (χ0) is 8.39. The lowest BCUT2D eigenvalue weighted by Gasteiger charge is -2.16. The summed E-state index contributed by atoms with van der Waals surface area (Å²) in [6, 6.07) is 5.61. The van der Waals surface area contributed by atoms with Crippen LogP contribution in [0.3, 0.4) is 0 Å². The Labute approximate surface area is 71.2 Å². The van der Waals surface area contributed by atoms with Gasteiger partial charge in [0.05, 0.1) is 6.61 Å². The number of hydrogen-bond donors (Lipinski definition) is 0. The number of carbonyl (C=O) groups excluding carboxylic acids is 1. The van der Waals surface area contributed by atoms with Crippen molar-refractivity contribution in [3.05, 3.63) is 29.3 Å². The monoisotopic (exact) mass is 162 g/mol. The van der Waals surface area contributed by atoms with Crippen LogP contribution in [0.15, 0.2) is 18.2 Å². The van der Waals surface area contributed by atoms with E-state index in [1.165, 1.54) is 5.56 Å². The standard InChI is InChI=1S/C10H10O2/c11-7-8-3-4-9-2-1-5-12-10(9)6-8/h3-4,6-7H,1-2,5H2. The highest BCUT2D eigenvalue weighted by molar-refractivity contribution is 5.75. The number of aldehydes is 1. The van der Waals surface area contributed by atoms with E-state index in [1.54, 1.807) is 0 Å². The molecule has 2 nitrogen and oxygen atoms in total. The fraction of sp³-hybridized carbons (Fsp3) is 0.300. The number of aryl methyl sites for hydroxylation is 1. The van der Waals surface area contributed by atoms with E-state index in [-0.39, 0.29) is 0 Å². The number of ether oxygens (including phenoxy) is 1. The van der Waals surface area contributed by atoms with E-state index in [1.807, 2.05) is 18.2 Å². The average molecular weight is 162 g/mol. The van der Waals surface area contributed by atoms with Crippen molar-refractivity contribution in [1.29, 1.82) is 0 Å². The average Bonchev–Trinajstić information content (AvgIpc) is 2.17. The molecule has 0 saturated heterocycles. The van der Waals surface area contributed by atoms with Crippen LogP contribution in [0.4, 0.5) is 0 Å². The van der Waals surface area contributed by atoms with Crippen molar-refractivity contribution < 1.29 is 9.53 Å². The third-order valence-electron chi connectivity index (χ3n) is 2.08. The highest BCUT2D eigenvalue weighted by atomic mass is 16.5. The van der Waals surface area contributed by atoms with Gasteiger partial charge >= 0.3 is 0 Å². The lowest BCUT2D eigenvalue weighted by atomic mass is 10.0. The minimum absolute atomic E-state index is 0.690. The Bertz CT molecular complexity index is 305. The van der Waals surface area contributed by atoms with E-state index in [0.29, 0.717) is 5.56 Å². The Morgan fingerprint density at radius 3 is 3.17 bits per heavy atom. The van der Waals surface area contributed by atoms with Gasteiger partial charge in [0, 0.05) is 5.56 Å². The summed E-state index contributed by atoms with van der Waals surface area (Å²) in [6.07, 6.45) is 2.99. The number of rotatable bonds is 1. The molecule has 0 unspecified atom stereocenters. The Morgan fingerprint density at radius 2 is 2.33 bits per heavy atom. The Balaban J connectivity index is 2.42. The summed E-state index contributed by atoms with van der Waals surface area (Å²) in [5.41, 5.74) is 1.91. The van der Waals surface area contributed by atoms with Crippen LogP contribution in [-0.2, 0) is 6.42 Å². The summed E-state index contributed by atoms with van der Waals surface area (Å²) in [5.74, 6) is 0.880. The predicted octanol–water partition coefficient (Wildman–Crippen LogP) is 1.82. The van der Waals surface area contributed by atoms with Crippen LogP contribution in [0.2, 0.25) is 0 Å². The van der Waals surface area contributed by atoms with Crippen molar-refractivity contribution >= 4 is 6.29 Å². The zero-order valence-electron chi connectivity index (χ0n) is 6.75. The highest BCUT2D eigenvalue weighted by Crippen LogP contribution is 2.24. The molecule has 2 heteroatoms. The minimum Gasteiger partial charge on any atom is -0.493 e. The van der Waals surface area contributed by atoms with Crippen LogP contribution in [-0.4, -0.2) is 12.9 Å². The molecule has 1 aromatic carbocycles. The van der Waals surface area contributed by atoms with E-state index in [9.17, 15) is 4.79 Å². The van der Waals surface area contributed by atoms with Gasteiger partial charge in [-0.15, -0.1) is 0 Å². The van der Waals surface area contributed by atoms with Crippen molar-refractivity contribution in [2.75, 3.05) is 6.61 Å². The number of benzene rings is 1. The molecule has 12 heavy (non-hydrogen) atoms. The molecule has 0 fully saturated rings. The van der Waals surface area contributed by atoms with E-state index in [4.69, 9.17) is 4.74 Å². The third-order valence-corrected chi connectivity index (χ3v) is 2.08. The molecule has 2 rings (SSSR count). The van der Waals surface area contributed by atoms with Crippen LogP contribution in [0.5, 0.6) is 5.75 Å². The predicted molar refractivity (Wildman–Crippen MR) is 45.6 cm³/mol. The first-order chi connectivity index (χ1) is 5.90. The van der Waals surface area contributed by atoms with E-state index in [0.717, 1.165) is 31.5 Å². The molecule has 0 bridgehead atoms. The van der Waals surface area contributed by atoms with Gasteiger partial charge in [0.1, 0.15) is 12.0 Å². The molecule has 0 spiro atoms. The number of hydrogen-bond acceptors (Lipinski definition) is 2. The molecule has 0 radical (unpaired) electrons. The van der Waals surface area contributed by atoms with Crippen LogP contribution in [0, 0.1) is 0 Å². The van der Waals surface area contributed by atoms with Crippen LogP contribution in [0.1, 0.15) is 22.3 Å². The molecule has 0 atom stereocenters. The van der Waals surface area contributed by atoms with Crippen LogP contribution < -0.4 is 4.74 Å². The maximum atomic E-state index is 10.4. The first kappa shape index (κ1) is 7.35. The van der Waals surface area contributed by atoms with Gasteiger partial charge in [-0.1, -0.05) is 12.1 Å². The fourth-order valence-corrected chi connectivity index (χ4v) is 1.43. The van der Waals surface area contributed by atoms with E-state index < -0.39 is 0 Å². The van der Waals surface area contributed by atoms with Gasteiger partial charge < -0.3 is 4.74 Å². The van der Waals surface area contributed by atoms with Crippen molar-refractivity contribution in [2.45, 2.75) is 12.8 Å². The van der Waals surface area contributed by atoms with Gasteiger partial charge in [-0.05, 0) is 24.5 Å². The van der Waals surface area contributed by atoms with Gasteiger partial charge in [-0.25, -0.2) is 0 Å². The molecule has 1 aliphatic heterocycles. The zero-order valence-corrected chi connectivity index (χ0v) is 6.75. The SMILES string of the molecule is O=Cc1ccc2c(c1)OCCC2. The minimum atomic E-state index is 0.690. The highest BCUT2D eigenvalue weighted by Gasteiger charge is 2.09. The molecular weight excluding hydrogens is 152 g/mol. The number of carbonyl (C=O) groups is 1. The second-order valence-corrected chi connectivity index (χ2v) is 2.94. The second kappa shape index (κ2) is 2.97. The summed E-state index contributed by atoms with van der Waals surface area (Å²) < 4.78 is 5.41. The second-order valence-electron chi connectivity index (χ2n) is 2.94. The van der Waals surface area contributed by atoms with Crippen molar-refractivity contribution in [2.24, 2.45) is 0 Å². The lowest BCUT2D eigenvalue weighted by Crippen LogP contribution is -2.08. The van der Waals surface area contributed by atoms with E-state index in [2.05, 4.69) is 0 Å². The van der Waals surface area contributed by atoms with Gasteiger partial charge in [0.15, 0.2) is 0 Å². The molecule has 1 aliphatic rings. The molecule has 1 aromatic rings. The normalized spacial score (nSPS) is 14.7. The van der Waals surface area contributed by atoms with Crippen molar-refractivity contribution in [3.63, 3.8) is 0 Å². The summed E-state index contributed by atoms with van der Waals surface area (Å²) in [4.78, 5) is 10.4. The molecule has 62 valence electrons. The van der Waals surface area contributed by atoms with Crippen LogP contribution in [0.25, 0.3) is 0 Å². The molecule has 0 amide bonds. The lowest BCUT2D eigenvalue weighted by molar-refractivity contribution is 0.112. The van der Waals surface area contributed by atoms with E-state index >= 15 is 0 Å². The number of fused-ring (bicyclic) bond motifs is 1. The van der Waals surface area contributed by atoms with Gasteiger partial charge in [0.2, 0.25) is 0 Å². The molecule has 0 N–H and O–H groups in total. The van der Waals surface area contributed by atoms with Crippen molar-refractivity contribution in [3.8, 4) is 5.75 Å². The first-order valence-electron chi connectivity index (χ1n) is 4.11. The van der Waals surface area contributed by atoms with Gasteiger partial charge in [-0.2, -0.15) is 0 Å². The Morgan fingerprint density at radius 1 is 1.42 bits per heavy atom. The Kier molecular flexibility index (Phi) is 1.82. The fourth-order valence-electron chi connectivity index (χ4n) is 1.43. The third kappa shape index (κ3) is 1.20. The smallest absolute Gasteiger partial charge is 0.150 e. The maximum absolute atomic E-state index is 10.4. The Hall–Kier alpha value is -1.31. The van der Waals surface area contributed by atoms with Crippen molar-refractivity contribution in [1.82, 2.24) is 0 Å². The first-order valence-corrected chi connectivity index (χ1v) is 4.11. The summed E-state index contributed by atoms with van der Waals surface area (Å²) >= 11 is 0. The van der Waals surface area contributed by atoms with Crippen LogP contribution >= 0.6 is 0 Å². The quantitative estimate of drug-likeness (QED) is 0.589. The molecule has 0 aromatic heterocycles. The largest absolute Gasteiger partial charge is 0.493 e.